The van der Waals surface area contributed by atoms with E-state index in [0.717, 1.165) is 19.0 Å². The van der Waals surface area contributed by atoms with E-state index in [0.29, 0.717) is 5.41 Å². The Hall–Kier alpha value is -1.02. The molecule has 1 unspecified atom stereocenters. The van der Waals surface area contributed by atoms with Crippen LogP contribution in [0.4, 0.5) is 5.69 Å². The Morgan fingerprint density at radius 2 is 1.84 bits per heavy atom. The zero-order chi connectivity index (χ0) is 14.0. The smallest absolute Gasteiger partial charge is 0.0371 e. The van der Waals surface area contributed by atoms with Crippen LogP contribution in [0.5, 0.6) is 0 Å². The first-order valence-electron chi connectivity index (χ1n) is 7.40. The van der Waals surface area contributed by atoms with Gasteiger partial charge in [-0.2, -0.15) is 0 Å². The molecule has 1 aliphatic rings. The van der Waals surface area contributed by atoms with E-state index in [1.54, 1.807) is 0 Å². The first-order valence-corrected chi connectivity index (χ1v) is 7.40. The van der Waals surface area contributed by atoms with E-state index < -0.39 is 0 Å². The number of benzene rings is 1. The van der Waals surface area contributed by atoms with Crippen LogP contribution in [0.3, 0.4) is 0 Å². The minimum atomic E-state index is 0.374. The molecule has 1 saturated heterocycles. The molecule has 1 heterocycles. The lowest BCUT2D eigenvalue weighted by molar-refractivity contribution is 0.174. The maximum atomic E-state index is 3.35. The number of aryl methyl sites for hydroxylation is 2. The van der Waals surface area contributed by atoms with Gasteiger partial charge in [0.15, 0.2) is 0 Å². The molecule has 1 N–H and O–H groups in total. The van der Waals surface area contributed by atoms with Crippen LogP contribution in [-0.2, 0) is 0 Å². The fraction of sp³-hybridized carbons (Fsp3) is 0.647. The number of nitrogens with zero attached hydrogens (tertiary/aromatic N) is 1. The van der Waals surface area contributed by atoms with Gasteiger partial charge in [-0.15, -0.1) is 0 Å². The number of hydrogen-bond acceptors (Lipinski definition) is 2. The monoisotopic (exact) mass is 260 g/mol. The summed E-state index contributed by atoms with van der Waals surface area (Å²) in [7, 11) is 2.06. The van der Waals surface area contributed by atoms with Gasteiger partial charge in [-0.25, -0.2) is 0 Å². The van der Waals surface area contributed by atoms with Gasteiger partial charge in [-0.3, -0.25) is 0 Å². The lowest BCUT2D eigenvalue weighted by Crippen LogP contribution is -2.48. The second-order valence-electron chi connectivity index (χ2n) is 6.80. The average molecular weight is 260 g/mol. The summed E-state index contributed by atoms with van der Waals surface area (Å²) < 4.78 is 0. The van der Waals surface area contributed by atoms with Crippen LogP contribution in [0.15, 0.2) is 18.2 Å². The van der Waals surface area contributed by atoms with Crippen molar-refractivity contribution in [2.45, 2.75) is 34.1 Å². The van der Waals surface area contributed by atoms with Gasteiger partial charge in [-0.1, -0.05) is 19.9 Å². The molecular formula is C17H28N2. The summed E-state index contributed by atoms with van der Waals surface area (Å²) in [6.07, 6.45) is 1.28. The maximum Gasteiger partial charge on any atom is 0.0371 e. The van der Waals surface area contributed by atoms with Crippen molar-refractivity contribution < 1.29 is 0 Å². The Labute approximate surface area is 118 Å². The van der Waals surface area contributed by atoms with Crippen molar-refractivity contribution in [3.05, 3.63) is 29.3 Å². The number of nitrogens with one attached hydrogen (secondary N) is 1. The highest BCUT2D eigenvalue weighted by Gasteiger charge is 2.35. The third kappa shape index (κ3) is 3.30. The summed E-state index contributed by atoms with van der Waals surface area (Å²) in [5.74, 6) is 0.777. The van der Waals surface area contributed by atoms with E-state index in [-0.39, 0.29) is 0 Å². The second kappa shape index (κ2) is 5.54. The Balaban J connectivity index is 2.16. The fourth-order valence-electron chi connectivity index (χ4n) is 3.38. The van der Waals surface area contributed by atoms with Gasteiger partial charge in [0.05, 0.1) is 0 Å². The minimum Gasteiger partial charge on any atom is -0.371 e. The quantitative estimate of drug-likeness (QED) is 0.896. The van der Waals surface area contributed by atoms with Crippen molar-refractivity contribution in [3.63, 3.8) is 0 Å². The van der Waals surface area contributed by atoms with Gasteiger partial charge < -0.3 is 10.2 Å². The lowest BCUT2D eigenvalue weighted by Gasteiger charge is -2.45. The molecule has 1 aromatic carbocycles. The molecule has 2 heteroatoms. The van der Waals surface area contributed by atoms with Crippen molar-refractivity contribution in [1.82, 2.24) is 5.32 Å². The van der Waals surface area contributed by atoms with Gasteiger partial charge in [0, 0.05) is 18.8 Å². The molecule has 0 aromatic heterocycles. The van der Waals surface area contributed by atoms with Crippen LogP contribution in [0.25, 0.3) is 0 Å². The Kier molecular flexibility index (Phi) is 4.19. The molecular weight excluding hydrogens is 232 g/mol. The van der Waals surface area contributed by atoms with Crippen molar-refractivity contribution >= 4 is 5.69 Å². The van der Waals surface area contributed by atoms with Gasteiger partial charge >= 0.3 is 0 Å². The van der Waals surface area contributed by atoms with Crippen LogP contribution < -0.4 is 10.2 Å². The van der Waals surface area contributed by atoms with Crippen LogP contribution in [0, 0.1) is 25.2 Å². The number of piperidine rings is 1. The molecule has 1 atom stereocenters. The molecule has 0 radical (unpaired) electrons. The molecule has 0 aliphatic carbocycles. The molecule has 2 rings (SSSR count). The zero-order valence-electron chi connectivity index (χ0n) is 13.1. The summed E-state index contributed by atoms with van der Waals surface area (Å²) >= 11 is 0. The fourth-order valence-corrected chi connectivity index (χ4v) is 3.38. The molecule has 0 saturated carbocycles. The summed E-state index contributed by atoms with van der Waals surface area (Å²) in [5.41, 5.74) is 4.50. The standard InChI is InChI=1S/C17H28N2/c1-13-8-14(2)10-16(9-13)19-7-6-15(11-18-5)17(3,4)12-19/h8-10,15,18H,6-7,11-12H2,1-5H3. The van der Waals surface area contributed by atoms with Gasteiger partial charge in [0.2, 0.25) is 0 Å². The van der Waals surface area contributed by atoms with Crippen molar-refractivity contribution in [2.75, 3.05) is 31.6 Å². The van der Waals surface area contributed by atoms with Crippen LogP contribution in [0.2, 0.25) is 0 Å². The Morgan fingerprint density at radius 3 is 2.37 bits per heavy atom. The van der Waals surface area contributed by atoms with Crippen LogP contribution >= 0.6 is 0 Å². The topological polar surface area (TPSA) is 15.3 Å². The van der Waals surface area contributed by atoms with Crippen LogP contribution in [0.1, 0.15) is 31.4 Å². The Morgan fingerprint density at radius 1 is 1.21 bits per heavy atom. The predicted molar refractivity (Wildman–Crippen MR) is 83.9 cm³/mol. The van der Waals surface area contributed by atoms with E-state index in [9.17, 15) is 0 Å². The summed E-state index contributed by atoms with van der Waals surface area (Å²) in [4.78, 5) is 2.56. The van der Waals surface area contributed by atoms with E-state index in [4.69, 9.17) is 0 Å². The van der Waals surface area contributed by atoms with Gasteiger partial charge in [0.1, 0.15) is 0 Å². The first kappa shape index (κ1) is 14.4. The van der Waals surface area contributed by atoms with Crippen molar-refractivity contribution in [1.29, 1.82) is 0 Å². The maximum absolute atomic E-state index is 3.35. The first-order chi connectivity index (χ1) is 8.92. The molecule has 0 bridgehead atoms. The van der Waals surface area contributed by atoms with E-state index in [1.807, 2.05) is 0 Å². The molecule has 1 aromatic rings. The highest BCUT2D eigenvalue weighted by molar-refractivity contribution is 5.51. The third-order valence-electron chi connectivity index (χ3n) is 4.47. The lowest BCUT2D eigenvalue weighted by atomic mass is 9.73. The zero-order valence-corrected chi connectivity index (χ0v) is 13.1. The van der Waals surface area contributed by atoms with E-state index >= 15 is 0 Å². The molecule has 1 fully saturated rings. The predicted octanol–water partition coefficient (Wildman–Crippen LogP) is 3.38. The van der Waals surface area contributed by atoms with Gasteiger partial charge in [-0.05, 0) is 68.5 Å². The second-order valence-corrected chi connectivity index (χ2v) is 6.80. The highest BCUT2D eigenvalue weighted by atomic mass is 15.1. The number of hydrogen-bond donors (Lipinski definition) is 1. The van der Waals surface area contributed by atoms with E-state index in [2.05, 4.69) is 63.2 Å². The molecule has 1 aliphatic heterocycles. The van der Waals surface area contributed by atoms with Crippen molar-refractivity contribution in [3.8, 4) is 0 Å². The summed E-state index contributed by atoms with van der Waals surface area (Å²) in [6, 6.07) is 6.89. The van der Waals surface area contributed by atoms with Crippen LogP contribution in [-0.4, -0.2) is 26.7 Å². The van der Waals surface area contributed by atoms with E-state index in [1.165, 1.54) is 29.8 Å². The molecule has 2 nitrogen and oxygen atoms in total. The largest absolute Gasteiger partial charge is 0.371 e. The molecule has 106 valence electrons. The Bertz CT molecular complexity index is 417. The third-order valence-corrected chi connectivity index (χ3v) is 4.47. The summed E-state index contributed by atoms with van der Waals surface area (Å²) in [5, 5.41) is 3.35. The SMILES string of the molecule is CNCC1CCN(c2cc(C)cc(C)c2)CC1(C)C. The molecule has 0 spiro atoms. The van der Waals surface area contributed by atoms with Crippen molar-refractivity contribution in [2.24, 2.45) is 11.3 Å². The minimum absolute atomic E-state index is 0.374. The highest BCUT2D eigenvalue weighted by Crippen LogP contribution is 2.36. The number of rotatable bonds is 3. The average Bonchev–Trinajstić information content (AvgIpc) is 2.30. The summed E-state index contributed by atoms with van der Waals surface area (Å²) in [6.45, 7) is 12.7. The molecule has 19 heavy (non-hydrogen) atoms. The number of anilines is 1. The normalized spacial score (nSPS) is 22.6. The molecule has 0 amide bonds. The van der Waals surface area contributed by atoms with Gasteiger partial charge in [0.25, 0.3) is 0 Å².